The highest BCUT2D eigenvalue weighted by Gasteiger charge is 2.19. The number of carbonyl (C=O) groups is 1. The van der Waals surface area contributed by atoms with Crippen LogP contribution in [0.5, 0.6) is 17.2 Å². The number of benzene rings is 2. The highest BCUT2D eigenvalue weighted by molar-refractivity contribution is 9.14. The fourth-order valence-corrected chi connectivity index (χ4v) is 4.13. The summed E-state index contributed by atoms with van der Waals surface area (Å²) in [6, 6.07) is 7.25. The largest absolute Gasteiger partial charge is 0.452 e. The minimum absolute atomic E-state index is 0.303. The lowest BCUT2D eigenvalue weighted by atomic mass is 10.3. The molecule has 0 saturated carbocycles. The summed E-state index contributed by atoms with van der Waals surface area (Å²) in [5.41, 5.74) is 0. The van der Waals surface area contributed by atoms with Gasteiger partial charge >= 0.3 is 5.97 Å². The highest BCUT2D eigenvalue weighted by Crippen LogP contribution is 2.47. The summed E-state index contributed by atoms with van der Waals surface area (Å²) in [6.07, 6.45) is 0. The first-order valence-electron chi connectivity index (χ1n) is 5.78. The van der Waals surface area contributed by atoms with Crippen molar-refractivity contribution in [2.24, 2.45) is 0 Å². The summed E-state index contributed by atoms with van der Waals surface area (Å²) in [6.45, 7) is 1.34. The van der Waals surface area contributed by atoms with E-state index in [0.29, 0.717) is 21.7 Å². The van der Waals surface area contributed by atoms with Crippen LogP contribution in [0.3, 0.4) is 0 Å². The van der Waals surface area contributed by atoms with Crippen molar-refractivity contribution in [1.82, 2.24) is 0 Å². The maximum Gasteiger partial charge on any atom is 0.308 e. The van der Waals surface area contributed by atoms with Crippen molar-refractivity contribution in [2.45, 2.75) is 6.92 Å². The van der Waals surface area contributed by atoms with Gasteiger partial charge in [-0.1, -0.05) is 15.9 Å². The number of rotatable bonds is 3. The molecule has 0 aliphatic heterocycles. The molecule has 22 heavy (non-hydrogen) atoms. The average Bonchev–Trinajstić information content (AvgIpc) is 2.43. The van der Waals surface area contributed by atoms with Crippen LogP contribution in [-0.4, -0.2) is 5.97 Å². The average molecular weight is 623 g/mol. The van der Waals surface area contributed by atoms with Gasteiger partial charge in [-0.05, 0) is 81.9 Å². The van der Waals surface area contributed by atoms with Crippen molar-refractivity contribution < 1.29 is 14.3 Å². The molecule has 0 saturated heterocycles. The smallest absolute Gasteiger partial charge is 0.308 e. The molecular weight excluding hydrogens is 616 g/mol. The zero-order valence-electron chi connectivity index (χ0n) is 10.9. The standard InChI is InChI=1S/C14H7Br5O3/c1-6(20)21-14-11(5-9(17)12(18)13(14)19)22-10-3-2-7(15)4-8(10)16/h2-5H,1H3. The molecule has 3 nitrogen and oxygen atoms in total. The number of hydrogen-bond donors (Lipinski definition) is 0. The van der Waals surface area contributed by atoms with E-state index in [0.717, 1.165) is 17.9 Å². The molecule has 0 aromatic heterocycles. The third kappa shape index (κ3) is 4.35. The second-order valence-electron chi connectivity index (χ2n) is 4.08. The zero-order chi connectivity index (χ0) is 16.4. The molecule has 8 heteroatoms. The molecule has 0 fully saturated rings. The molecule has 0 unspecified atom stereocenters. The lowest BCUT2D eigenvalue weighted by Crippen LogP contribution is -2.04. The Hall–Kier alpha value is 0.110. The van der Waals surface area contributed by atoms with Gasteiger partial charge in [0.05, 0.1) is 8.95 Å². The highest BCUT2D eigenvalue weighted by atomic mass is 79.9. The van der Waals surface area contributed by atoms with Gasteiger partial charge in [0.2, 0.25) is 0 Å². The molecule has 2 aromatic carbocycles. The third-order valence-electron chi connectivity index (χ3n) is 2.44. The number of ether oxygens (including phenoxy) is 2. The van der Waals surface area contributed by atoms with Crippen LogP contribution >= 0.6 is 79.6 Å². The van der Waals surface area contributed by atoms with Crippen LogP contribution in [-0.2, 0) is 4.79 Å². The van der Waals surface area contributed by atoms with Gasteiger partial charge in [-0.2, -0.15) is 0 Å². The van der Waals surface area contributed by atoms with Crippen LogP contribution in [0.2, 0.25) is 0 Å². The monoisotopic (exact) mass is 618 g/mol. The normalized spacial score (nSPS) is 10.5. The fraction of sp³-hybridized carbons (Fsp3) is 0.0714. The predicted octanol–water partition coefficient (Wildman–Crippen LogP) is 7.22. The molecule has 0 atom stereocenters. The van der Waals surface area contributed by atoms with Crippen LogP contribution in [0.15, 0.2) is 46.6 Å². The lowest BCUT2D eigenvalue weighted by molar-refractivity contribution is -0.132. The van der Waals surface area contributed by atoms with Gasteiger partial charge in [-0.3, -0.25) is 4.79 Å². The Labute approximate surface area is 169 Å². The summed E-state index contributed by atoms with van der Waals surface area (Å²) in [4.78, 5) is 11.3. The Balaban J connectivity index is 2.51. The minimum Gasteiger partial charge on any atom is -0.452 e. The Morgan fingerprint density at radius 3 is 2.18 bits per heavy atom. The van der Waals surface area contributed by atoms with Crippen LogP contribution in [0.4, 0.5) is 0 Å². The Kier molecular flexibility index (Phi) is 6.53. The van der Waals surface area contributed by atoms with Crippen molar-refractivity contribution in [2.75, 3.05) is 0 Å². The Morgan fingerprint density at radius 1 is 0.909 bits per heavy atom. The number of halogens is 5. The molecule has 2 rings (SSSR count). The van der Waals surface area contributed by atoms with E-state index in [-0.39, 0.29) is 0 Å². The van der Waals surface area contributed by atoms with Gasteiger partial charge in [-0.15, -0.1) is 0 Å². The quantitative estimate of drug-likeness (QED) is 0.206. The van der Waals surface area contributed by atoms with Crippen molar-refractivity contribution >= 4 is 85.6 Å². The van der Waals surface area contributed by atoms with E-state index >= 15 is 0 Å². The van der Waals surface area contributed by atoms with Gasteiger partial charge in [-0.25, -0.2) is 0 Å². The first kappa shape index (κ1) is 18.4. The van der Waals surface area contributed by atoms with E-state index in [1.807, 2.05) is 12.1 Å². The SMILES string of the molecule is CC(=O)Oc1c(Oc2ccc(Br)cc2Br)cc(Br)c(Br)c1Br. The van der Waals surface area contributed by atoms with Gasteiger partial charge < -0.3 is 9.47 Å². The van der Waals surface area contributed by atoms with E-state index in [9.17, 15) is 4.79 Å². The van der Waals surface area contributed by atoms with Gasteiger partial charge in [0, 0.05) is 26.4 Å². The Bertz CT molecular complexity index is 746. The van der Waals surface area contributed by atoms with Crippen molar-refractivity contribution in [3.05, 3.63) is 46.6 Å². The number of hydrogen-bond acceptors (Lipinski definition) is 3. The van der Waals surface area contributed by atoms with Crippen molar-refractivity contribution in [1.29, 1.82) is 0 Å². The molecule has 0 amide bonds. The van der Waals surface area contributed by atoms with E-state index in [4.69, 9.17) is 9.47 Å². The summed E-state index contributed by atoms with van der Waals surface area (Å²) in [5, 5.41) is 0. The van der Waals surface area contributed by atoms with E-state index in [1.54, 1.807) is 12.1 Å². The summed E-state index contributed by atoms with van der Waals surface area (Å²) in [7, 11) is 0. The summed E-state index contributed by atoms with van der Waals surface area (Å²) < 4.78 is 14.9. The lowest BCUT2D eigenvalue weighted by Gasteiger charge is -2.15. The molecular formula is C14H7Br5O3. The zero-order valence-corrected chi connectivity index (χ0v) is 18.9. The van der Waals surface area contributed by atoms with Crippen molar-refractivity contribution in [3.63, 3.8) is 0 Å². The minimum atomic E-state index is -0.436. The molecule has 0 aliphatic rings. The molecule has 0 heterocycles. The van der Waals surface area contributed by atoms with Crippen LogP contribution in [0.25, 0.3) is 0 Å². The predicted molar refractivity (Wildman–Crippen MR) is 103 cm³/mol. The van der Waals surface area contributed by atoms with Gasteiger partial charge in [0.25, 0.3) is 0 Å². The van der Waals surface area contributed by atoms with E-state index < -0.39 is 5.97 Å². The van der Waals surface area contributed by atoms with Gasteiger partial charge in [0.1, 0.15) is 5.75 Å². The molecule has 2 aromatic rings. The van der Waals surface area contributed by atoms with Crippen LogP contribution < -0.4 is 9.47 Å². The van der Waals surface area contributed by atoms with Crippen LogP contribution in [0, 0.1) is 0 Å². The Morgan fingerprint density at radius 2 is 1.59 bits per heavy atom. The molecule has 0 spiro atoms. The second kappa shape index (κ2) is 7.79. The second-order valence-corrected chi connectivity index (χ2v) is 8.29. The molecule has 0 bridgehead atoms. The van der Waals surface area contributed by atoms with Crippen LogP contribution in [0.1, 0.15) is 6.92 Å². The first-order chi connectivity index (χ1) is 10.3. The summed E-state index contributed by atoms with van der Waals surface area (Å²) >= 11 is 17.1. The summed E-state index contributed by atoms with van der Waals surface area (Å²) in [5.74, 6) is 0.866. The van der Waals surface area contributed by atoms with E-state index in [2.05, 4.69) is 79.6 Å². The fourth-order valence-electron chi connectivity index (χ4n) is 1.55. The molecule has 0 N–H and O–H groups in total. The molecule has 0 radical (unpaired) electrons. The molecule has 0 aliphatic carbocycles. The van der Waals surface area contributed by atoms with Crippen molar-refractivity contribution in [3.8, 4) is 17.2 Å². The maximum atomic E-state index is 11.3. The maximum absolute atomic E-state index is 11.3. The topological polar surface area (TPSA) is 35.5 Å². The third-order valence-corrected chi connectivity index (χ3v) is 6.83. The first-order valence-corrected chi connectivity index (χ1v) is 9.75. The molecule has 116 valence electrons. The van der Waals surface area contributed by atoms with E-state index in [1.165, 1.54) is 6.92 Å². The van der Waals surface area contributed by atoms with Gasteiger partial charge in [0.15, 0.2) is 11.5 Å². The number of esters is 1. The number of carbonyl (C=O) groups excluding carboxylic acids is 1.